The zero-order chi connectivity index (χ0) is 15.1. The summed E-state index contributed by atoms with van der Waals surface area (Å²) in [5.41, 5.74) is 1.39. The molecule has 1 saturated heterocycles. The molecule has 0 spiro atoms. The fraction of sp³-hybridized carbons (Fsp3) is 0.667. The van der Waals surface area contributed by atoms with Crippen LogP contribution in [0.1, 0.15) is 38.3 Å². The molecule has 118 valence electrons. The first-order valence-electron chi connectivity index (χ1n) is 8.27. The number of hydrogen-bond donors (Lipinski definition) is 1. The minimum atomic E-state index is 0.400. The second-order valence-corrected chi connectivity index (χ2v) is 6.15. The maximum Gasteiger partial charge on any atom is 0.0502 e. The SMILES string of the molecule is CCNC(c1ccccc1)C(C)N1CCCC(COC)C1. The van der Waals surface area contributed by atoms with Crippen molar-refractivity contribution >= 4 is 0 Å². The molecule has 1 fully saturated rings. The van der Waals surface area contributed by atoms with Crippen LogP contribution in [0.4, 0.5) is 0 Å². The van der Waals surface area contributed by atoms with Crippen molar-refractivity contribution in [2.45, 2.75) is 38.8 Å². The Balaban J connectivity index is 2.05. The van der Waals surface area contributed by atoms with E-state index in [9.17, 15) is 0 Å². The van der Waals surface area contributed by atoms with Crippen LogP contribution in [-0.2, 0) is 4.74 Å². The lowest BCUT2D eigenvalue weighted by molar-refractivity contribution is 0.0616. The monoisotopic (exact) mass is 290 g/mol. The van der Waals surface area contributed by atoms with Gasteiger partial charge in [-0.05, 0) is 44.3 Å². The number of nitrogens with zero attached hydrogens (tertiary/aromatic N) is 1. The highest BCUT2D eigenvalue weighted by molar-refractivity contribution is 5.20. The fourth-order valence-corrected chi connectivity index (χ4v) is 3.50. The summed E-state index contributed by atoms with van der Waals surface area (Å²) in [6.07, 6.45) is 2.58. The van der Waals surface area contributed by atoms with Gasteiger partial charge < -0.3 is 10.1 Å². The topological polar surface area (TPSA) is 24.5 Å². The number of ether oxygens (including phenoxy) is 1. The molecule has 0 radical (unpaired) electrons. The molecular formula is C18H30N2O. The number of nitrogens with one attached hydrogen (secondary N) is 1. The van der Waals surface area contributed by atoms with Crippen molar-refractivity contribution in [3.05, 3.63) is 35.9 Å². The lowest BCUT2D eigenvalue weighted by Crippen LogP contribution is -2.48. The van der Waals surface area contributed by atoms with Gasteiger partial charge in [0.2, 0.25) is 0 Å². The largest absolute Gasteiger partial charge is 0.384 e. The van der Waals surface area contributed by atoms with Gasteiger partial charge in [-0.25, -0.2) is 0 Å². The minimum Gasteiger partial charge on any atom is -0.384 e. The Morgan fingerprint density at radius 3 is 2.76 bits per heavy atom. The molecule has 0 aliphatic carbocycles. The summed E-state index contributed by atoms with van der Waals surface area (Å²) >= 11 is 0. The van der Waals surface area contributed by atoms with Gasteiger partial charge in [0.05, 0.1) is 6.61 Å². The number of hydrogen-bond acceptors (Lipinski definition) is 3. The van der Waals surface area contributed by atoms with Crippen molar-refractivity contribution in [1.29, 1.82) is 0 Å². The Morgan fingerprint density at radius 2 is 2.10 bits per heavy atom. The van der Waals surface area contributed by atoms with Gasteiger partial charge in [0.25, 0.3) is 0 Å². The molecule has 0 bridgehead atoms. The van der Waals surface area contributed by atoms with Crippen molar-refractivity contribution < 1.29 is 4.74 Å². The van der Waals surface area contributed by atoms with Crippen LogP contribution in [-0.4, -0.2) is 44.3 Å². The minimum absolute atomic E-state index is 0.400. The quantitative estimate of drug-likeness (QED) is 0.835. The summed E-state index contributed by atoms with van der Waals surface area (Å²) in [4.78, 5) is 2.63. The molecule has 1 aromatic carbocycles. The zero-order valence-electron chi connectivity index (χ0n) is 13.7. The van der Waals surface area contributed by atoms with Gasteiger partial charge in [0.15, 0.2) is 0 Å². The van der Waals surface area contributed by atoms with Crippen molar-refractivity contribution in [1.82, 2.24) is 10.2 Å². The number of likely N-dealkylation sites (tertiary alicyclic amines) is 1. The standard InChI is InChI=1S/C18H30N2O/c1-4-19-18(17-10-6-5-7-11-17)15(2)20-12-8-9-16(13-20)14-21-3/h5-7,10-11,15-16,18-19H,4,8-9,12-14H2,1-3H3. The Bertz CT molecular complexity index is 393. The van der Waals surface area contributed by atoms with Crippen LogP contribution in [0.2, 0.25) is 0 Å². The predicted octanol–water partition coefficient (Wildman–Crippen LogP) is 3.08. The highest BCUT2D eigenvalue weighted by atomic mass is 16.5. The van der Waals surface area contributed by atoms with E-state index < -0.39 is 0 Å². The number of piperidine rings is 1. The third-order valence-electron chi connectivity index (χ3n) is 4.59. The van der Waals surface area contributed by atoms with E-state index in [0.29, 0.717) is 18.0 Å². The highest BCUT2D eigenvalue weighted by Gasteiger charge is 2.28. The molecule has 0 aromatic heterocycles. The van der Waals surface area contributed by atoms with Crippen LogP contribution in [0, 0.1) is 5.92 Å². The Kier molecular flexibility index (Phi) is 6.68. The molecule has 1 aliphatic rings. The van der Waals surface area contributed by atoms with Gasteiger partial charge in [-0.15, -0.1) is 0 Å². The lowest BCUT2D eigenvalue weighted by Gasteiger charge is -2.40. The third kappa shape index (κ3) is 4.53. The van der Waals surface area contributed by atoms with Crippen LogP contribution in [0.25, 0.3) is 0 Å². The van der Waals surface area contributed by atoms with E-state index >= 15 is 0 Å². The molecule has 1 aliphatic heterocycles. The molecular weight excluding hydrogens is 260 g/mol. The Hall–Kier alpha value is -0.900. The summed E-state index contributed by atoms with van der Waals surface area (Å²) in [7, 11) is 1.81. The summed E-state index contributed by atoms with van der Waals surface area (Å²) in [6, 6.07) is 11.7. The van der Waals surface area contributed by atoms with Crippen molar-refractivity contribution in [3.8, 4) is 0 Å². The van der Waals surface area contributed by atoms with Gasteiger partial charge in [-0.3, -0.25) is 4.90 Å². The molecule has 1 heterocycles. The smallest absolute Gasteiger partial charge is 0.0502 e. The van der Waals surface area contributed by atoms with E-state index in [-0.39, 0.29) is 0 Å². The van der Waals surface area contributed by atoms with Crippen LogP contribution < -0.4 is 5.32 Å². The Labute approximate surface area is 129 Å². The average Bonchev–Trinajstić information content (AvgIpc) is 2.53. The molecule has 1 aromatic rings. The van der Waals surface area contributed by atoms with Gasteiger partial charge >= 0.3 is 0 Å². The molecule has 3 unspecified atom stereocenters. The van der Waals surface area contributed by atoms with E-state index in [4.69, 9.17) is 4.74 Å². The summed E-state index contributed by atoms with van der Waals surface area (Å²) in [6.45, 7) is 8.79. The molecule has 0 amide bonds. The van der Waals surface area contributed by atoms with Crippen LogP contribution in [0.15, 0.2) is 30.3 Å². The number of rotatable bonds is 7. The van der Waals surface area contributed by atoms with Gasteiger partial charge in [0.1, 0.15) is 0 Å². The van der Waals surface area contributed by atoms with Crippen LogP contribution in [0.5, 0.6) is 0 Å². The summed E-state index contributed by atoms with van der Waals surface area (Å²) in [5, 5.41) is 3.67. The van der Waals surface area contributed by atoms with Crippen molar-refractivity contribution in [3.63, 3.8) is 0 Å². The van der Waals surface area contributed by atoms with Gasteiger partial charge in [-0.1, -0.05) is 37.3 Å². The first-order valence-corrected chi connectivity index (χ1v) is 8.27. The normalized spacial score (nSPS) is 22.9. The molecule has 3 atom stereocenters. The maximum absolute atomic E-state index is 5.36. The predicted molar refractivity (Wildman–Crippen MR) is 88.5 cm³/mol. The van der Waals surface area contributed by atoms with Gasteiger partial charge in [0, 0.05) is 25.7 Å². The molecule has 1 N–H and O–H groups in total. The van der Waals surface area contributed by atoms with E-state index in [0.717, 1.165) is 19.7 Å². The fourth-order valence-electron chi connectivity index (χ4n) is 3.50. The van der Waals surface area contributed by atoms with E-state index in [2.05, 4.69) is 54.4 Å². The molecule has 2 rings (SSSR count). The molecule has 21 heavy (non-hydrogen) atoms. The van der Waals surface area contributed by atoms with Crippen LogP contribution in [0.3, 0.4) is 0 Å². The third-order valence-corrected chi connectivity index (χ3v) is 4.59. The van der Waals surface area contributed by atoms with Crippen molar-refractivity contribution in [2.24, 2.45) is 5.92 Å². The molecule has 3 heteroatoms. The van der Waals surface area contributed by atoms with E-state index in [1.165, 1.54) is 24.9 Å². The number of likely N-dealkylation sites (N-methyl/N-ethyl adjacent to an activating group) is 1. The van der Waals surface area contributed by atoms with Crippen LogP contribution >= 0.6 is 0 Å². The first kappa shape index (κ1) is 16.5. The number of methoxy groups -OCH3 is 1. The number of benzene rings is 1. The summed E-state index contributed by atoms with van der Waals surface area (Å²) in [5.74, 6) is 0.684. The Morgan fingerprint density at radius 1 is 1.33 bits per heavy atom. The zero-order valence-corrected chi connectivity index (χ0v) is 13.7. The molecule has 3 nitrogen and oxygen atoms in total. The molecule has 0 saturated carbocycles. The van der Waals surface area contributed by atoms with Gasteiger partial charge in [-0.2, -0.15) is 0 Å². The second-order valence-electron chi connectivity index (χ2n) is 6.15. The lowest BCUT2D eigenvalue weighted by atomic mass is 9.93. The first-order chi connectivity index (χ1) is 10.3. The van der Waals surface area contributed by atoms with E-state index in [1.807, 2.05) is 7.11 Å². The highest BCUT2D eigenvalue weighted by Crippen LogP contribution is 2.26. The average molecular weight is 290 g/mol. The maximum atomic E-state index is 5.36. The summed E-state index contributed by atoms with van der Waals surface area (Å²) < 4.78 is 5.36. The van der Waals surface area contributed by atoms with E-state index in [1.54, 1.807) is 0 Å². The van der Waals surface area contributed by atoms with Crippen molar-refractivity contribution in [2.75, 3.05) is 33.4 Å². The second kappa shape index (κ2) is 8.52.